The number of rotatable bonds is 9. The first-order valence-electron chi connectivity index (χ1n) is 8.60. The topological polar surface area (TPSA) is 99.1 Å². The molecule has 26 heavy (non-hydrogen) atoms. The first kappa shape index (κ1) is 20.2. The minimum atomic E-state index is -2.01. The molecule has 0 radical (unpaired) electrons. The summed E-state index contributed by atoms with van der Waals surface area (Å²) in [4.78, 5) is 25.7. The van der Waals surface area contributed by atoms with Gasteiger partial charge in [-0.1, -0.05) is 24.8 Å². The Labute approximate surface area is 153 Å². The first-order valence-corrected chi connectivity index (χ1v) is 8.60. The summed E-state index contributed by atoms with van der Waals surface area (Å²) in [5.74, 6) is -0.724. The molecule has 0 aromatic heterocycles. The predicted molar refractivity (Wildman–Crippen MR) is 97.8 cm³/mol. The number of aryl methyl sites for hydroxylation is 2. The van der Waals surface area contributed by atoms with E-state index in [1.807, 2.05) is 32.0 Å². The number of hydrogen-bond donors (Lipinski definition) is 3. The van der Waals surface area contributed by atoms with E-state index in [1.165, 1.54) is 11.0 Å². The van der Waals surface area contributed by atoms with Gasteiger partial charge in [-0.3, -0.25) is 9.59 Å². The summed E-state index contributed by atoms with van der Waals surface area (Å²) in [7, 11) is -2.01. The zero-order valence-corrected chi connectivity index (χ0v) is 15.1. The van der Waals surface area contributed by atoms with Crippen molar-refractivity contribution in [1.82, 2.24) is 10.2 Å². The van der Waals surface area contributed by atoms with E-state index in [2.05, 4.69) is 11.9 Å². The van der Waals surface area contributed by atoms with Gasteiger partial charge in [0.1, 0.15) is 12.8 Å². The molecule has 3 N–H and O–H groups in total. The summed E-state index contributed by atoms with van der Waals surface area (Å²) in [5.41, 5.74) is 3.12. The number of benzene rings is 1. The van der Waals surface area contributed by atoms with Crippen molar-refractivity contribution in [1.29, 1.82) is 0 Å². The minimum absolute atomic E-state index is 0.0637. The molecule has 0 heterocycles. The third-order valence-electron chi connectivity index (χ3n) is 4.36. The summed E-state index contributed by atoms with van der Waals surface area (Å²) in [6.07, 6.45) is 2.26. The van der Waals surface area contributed by atoms with Crippen LogP contribution in [0.4, 0.5) is 0 Å². The lowest BCUT2D eigenvalue weighted by Gasteiger charge is -2.24. The highest BCUT2D eigenvalue weighted by Crippen LogP contribution is 2.26. The Kier molecular flexibility index (Phi) is 6.96. The fraction of sp³-hybridized carbons (Fsp3) is 0.444. The van der Waals surface area contributed by atoms with Gasteiger partial charge in [0.05, 0.1) is 0 Å². The lowest BCUT2D eigenvalue weighted by Crippen LogP contribution is -2.47. The smallest absolute Gasteiger partial charge is 0.402 e. The monoisotopic (exact) mass is 360 g/mol. The molecule has 0 aliphatic heterocycles. The van der Waals surface area contributed by atoms with Crippen molar-refractivity contribution in [2.75, 3.05) is 6.54 Å². The third kappa shape index (κ3) is 5.98. The van der Waals surface area contributed by atoms with Gasteiger partial charge in [-0.05, 0) is 49.5 Å². The molecule has 1 aliphatic carbocycles. The van der Waals surface area contributed by atoms with Crippen LogP contribution in [-0.2, 0) is 20.7 Å². The molecule has 2 amide bonds. The molecule has 2 rings (SSSR count). The van der Waals surface area contributed by atoms with Crippen molar-refractivity contribution in [3.8, 4) is 0 Å². The molecule has 1 saturated carbocycles. The molecule has 0 spiro atoms. The maximum absolute atomic E-state index is 12.3. The second-order valence-electron chi connectivity index (χ2n) is 6.54. The van der Waals surface area contributed by atoms with Crippen molar-refractivity contribution in [3.63, 3.8) is 0 Å². The van der Waals surface area contributed by atoms with Gasteiger partial charge in [0.25, 0.3) is 0 Å². The van der Waals surface area contributed by atoms with E-state index >= 15 is 0 Å². The lowest BCUT2D eigenvalue weighted by molar-refractivity contribution is -0.134. The number of amides is 2. The van der Waals surface area contributed by atoms with Crippen molar-refractivity contribution in [3.05, 3.63) is 47.5 Å². The molecule has 8 heteroatoms. The van der Waals surface area contributed by atoms with Gasteiger partial charge in [-0.15, -0.1) is 0 Å². The molecule has 1 atom stereocenters. The van der Waals surface area contributed by atoms with Gasteiger partial charge in [-0.2, -0.15) is 0 Å². The number of nitrogens with zero attached hydrogens (tertiary/aromatic N) is 1. The van der Waals surface area contributed by atoms with E-state index in [0.717, 1.165) is 29.5 Å². The average molecular weight is 360 g/mol. The molecular weight excluding hydrogens is 335 g/mol. The molecule has 1 aliphatic rings. The fourth-order valence-corrected chi connectivity index (χ4v) is 2.69. The van der Waals surface area contributed by atoms with Crippen LogP contribution in [0.1, 0.15) is 29.5 Å². The van der Waals surface area contributed by atoms with Gasteiger partial charge >= 0.3 is 7.32 Å². The molecule has 0 saturated heterocycles. The number of hydrogen-bond acceptors (Lipinski definition) is 5. The molecule has 0 unspecified atom stereocenters. The van der Waals surface area contributed by atoms with E-state index in [0.29, 0.717) is 0 Å². The molecule has 1 fully saturated rings. The largest absolute Gasteiger partial charge is 0.635 e. The zero-order chi connectivity index (χ0) is 19.3. The molecule has 140 valence electrons. The Morgan fingerprint density at radius 2 is 2.08 bits per heavy atom. The zero-order valence-electron chi connectivity index (χ0n) is 15.1. The van der Waals surface area contributed by atoms with Gasteiger partial charge in [0.2, 0.25) is 11.8 Å². The first-order chi connectivity index (χ1) is 12.3. The molecule has 1 aromatic rings. The predicted octanol–water partition coefficient (Wildman–Crippen LogP) is 0.451. The van der Waals surface area contributed by atoms with Crippen LogP contribution in [0.15, 0.2) is 30.9 Å². The van der Waals surface area contributed by atoms with E-state index < -0.39 is 19.5 Å². The Balaban J connectivity index is 2.01. The molecule has 7 nitrogen and oxygen atoms in total. The van der Waals surface area contributed by atoms with Crippen LogP contribution in [0.2, 0.25) is 0 Å². The summed E-state index contributed by atoms with van der Waals surface area (Å²) in [6.45, 7) is 7.31. The van der Waals surface area contributed by atoms with Gasteiger partial charge < -0.3 is 24.9 Å². The van der Waals surface area contributed by atoms with Crippen LogP contribution in [0.5, 0.6) is 0 Å². The molecule has 1 aromatic carbocycles. The Morgan fingerprint density at radius 1 is 1.38 bits per heavy atom. The quantitative estimate of drug-likeness (QED) is 0.337. The van der Waals surface area contributed by atoms with Crippen LogP contribution in [0, 0.1) is 13.8 Å². The number of carbonyl (C=O) groups excluding carboxylic acids is 2. The van der Waals surface area contributed by atoms with Crippen LogP contribution in [-0.4, -0.2) is 52.9 Å². The van der Waals surface area contributed by atoms with Crippen LogP contribution in [0.3, 0.4) is 0 Å². The standard InChI is InChI=1S/C18H25BN2O5/c1-4-18(23)21(15-7-8-15)11-16(22)20-17(26-19(24)25)10-14-6-5-12(2)13(3)9-14/h4-6,9,15,17,24-25H,1,7-8,10-11H2,2-3H3,(H,20,22)/t17-/m1/s1. The normalized spacial score (nSPS) is 14.5. The van der Waals surface area contributed by atoms with Crippen LogP contribution in [0.25, 0.3) is 0 Å². The highest BCUT2D eigenvalue weighted by molar-refractivity contribution is 6.32. The second kappa shape index (κ2) is 8.98. The molecular formula is C18H25BN2O5. The van der Waals surface area contributed by atoms with Gasteiger partial charge in [0.15, 0.2) is 0 Å². The lowest BCUT2D eigenvalue weighted by atomic mass is 10.0. The second-order valence-corrected chi connectivity index (χ2v) is 6.54. The highest BCUT2D eigenvalue weighted by Gasteiger charge is 2.33. The maximum Gasteiger partial charge on any atom is 0.635 e. The average Bonchev–Trinajstić information content (AvgIpc) is 3.39. The van der Waals surface area contributed by atoms with Crippen LogP contribution < -0.4 is 5.32 Å². The summed E-state index contributed by atoms with van der Waals surface area (Å²) >= 11 is 0. The van der Waals surface area contributed by atoms with E-state index in [-0.39, 0.29) is 24.9 Å². The molecule has 0 bridgehead atoms. The number of carbonyl (C=O) groups is 2. The Hall–Kier alpha value is -2.16. The Bertz CT molecular complexity index is 676. The Morgan fingerprint density at radius 3 is 2.62 bits per heavy atom. The van der Waals surface area contributed by atoms with Crippen molar-refractivity contribution < 1.29 is 24.3 Å². The maximum atomic E-state index is 12.3. The van der Waals surface area contributed by atoms with Crippen LogP contribution >= 0.6 is 0 Å². The van der Waals surface area contributed by atoms with Gasteiger partial charge in [-0.25, -0.2) is 0 Å². The van der Waals surface area contributed by atoms with Crippen molar-refractivity contribution in [2.24, 2.45) is 0 Å². The van der Waals surface area contributed by atoms with Crippen molar-refractivity contribution >= 4 is 19.1 Å². The SMILES string of the molecule is C=CC(=O)N(CC(=O)N[C@@H](Cc1ccc(C)c(C)c1)OB(O)O)C1CC1. The van der Waals surface area contributed by atoms with E-state index in [9.17, 15) is 9.59 Å². The van der Waals surface area contributed by atoms with Gasteiger partial charge in [0, 0.05) is 12.5 Å². The summed E-state index contributed by atoms with van der Waals surface area (Å²) in [6, 6.07) is 5.87. The summed E-state index contributed by atoms with van der Waals surface area (Å²) in [5, 5.41) is 20.9. The number of nitrogens with one attached hydrogen (secondary N) is 1. The van der Waals surface area contributed by atoms with Crippen molar-refractivity contribution in [2.45, 2.75) is 45.4 Å². The van der Waals surface area contributed by atoms with E-state index in [1.54, 1.807) is 0 Å². The van der Waals surface area contributed by atoms with E-state index in [4.69, 9.17) is 14.7 Å². The minimum Gasteiger partial charge on any atom is -0.402 e. The highest BCUT2D eigenvalue weighted by atomic mass is 16.6. The fourth-order valence-electron chi connectivity index (χ4n) is 2.69. The third-order valence-corrected chi connectivity index (χ3v) is 4.36. The summed E-state index contributed by atoms with van der Waals surface area (Å²) < 4.78 is 5.00.